The van der Waals surface area contributed by atoms with E-state index in [0.29, 0.717) is 10.9 Å². The highest BCUT2D eigenvalue weighted by Gasteiger charge is 2.20. The third kappa shape index (κ3) is 3.75. The molecule has 130 valence electrons. The smallest absolute Gasteiger partial charge is 0.267 e. The first-order valence-electron chi connectivity index (χ1n) is 7.69. The highest BCUT2D eigenvalue weighted by atomic mass is 32.2. The van der Waals surface area contributed by atoms with Crippen LogP contribution in [0.3, 0.4) is 0 Å². The van der Waals surface area contributed by atoms with Crippen LogP contribution < -0.4 is 5.56 Å². The van der Waals surface area contributed by atoms with Gasteiger partial charge in [-0.15, -0.1) is 5.10 Å². The average molecular weight is 359 g/mol. The van der Waals surface area contributed by atoms with E-state index in [2.05, 4.69) is 10.3 Å². The van der Waals surface area contributed by atoms with Crippen molar-refractivity contribution >= 4 is 21.0 Å². The minimum absolute atomic E-state index is 0.0260. The van der Waals surface area contributed by atoms with Gasteiger partial charge in [0, 0.05) is 0 Å². The van der Waals surface area contributed by atoms with Gasteiger partial charge in [-0.2, -0.15) is 8.42 Å². The standard InChI is InChI=1S/C17H17N3O4S/c1-12-7-9-14(10-8-12)25(22,23)24-13(2)11-20-17(21)15-5-3-4-6-16(15)18-19-20/h3-10,13H,11H2,1-2H3. The quantitative estimate of drug-likeness (QED) is 0.646. The fourth-order valence-electron chi connectivity index (χ4n) is 2.39. The van der Waals surface area contributed by atoms with E-state index < -0.39 is 16.2 Å². The summed E-state index contributed by atoms with van der Waals surface area (Å²) in [5, 5.41) is 8.23. The van der Waals surface area contributed by atoms with Crippen molar-refractivity contribution in [1.29, 1.82) is 0 Å². The highest BCUT2D eigenvalue weighted by molar-refractivity contribution is 7.86. The number of hydrogen-bond acceptors (Lipinski definition) is 6. The molecule has 0 saturated carbocycles. The Labute approximate surface area is 145 Å². The van der Waals surface area contributed by atoms with E-state index >= 15 is 0 Å². The summed E-state index contributed by atoms with van der Waals surface area (Å²) in [6.07, 6.45) is -0.778. The van der Waals surface area contributed by atoms with Crippen molar-refractivity contribution < 1.29 is 12.6 Å². The Morgan fingerprint density at radius 3 is 2.52 bits per heavy atom. The maximum absolute atomic E-state index is 12.4. The molecule has 0 aliphatic rings. The fraction of sp³-hybridized carbons (Fsp3) is 0.235. The molecule has 0 aliphatic carbocycles. The molecule has 0 aliphatic heterocycles. The van der Waals surface area contributed by atoms with E-state index in [1.807, 2.05) is 6.92 Å². The van der Waals surface area contributed by atoms with E-state index in [1.165, 1.54) is 12.1 Å². The van der Waals surface area contributed by atoms with Gasteiger partial charge in [-0.25, -0.2) is 4.68 Å². The van der Waals surface area contributed by atoms with Crippen LogP contribution in [0.5, 0.6) is 0 Å². The first-order chi connectivity index (χ1) is 11.9. The summed E-state index contributed by atoms with van der Waals surface area (Å²) in [5.41, 5.74) is 1.10. The first-order valence-corrected chi connectivity index (χ1v) is 9.10. The zero-order valence-corrected chi connectivity index (χ0v) is 14.6. The topological polar surface area (TPSA) is 91.2 Å². The summed E-state index contributed by atoms with van der Waals surface area (Å²) in [5.74, 6) is 0. The van der Waals surface area contributed by atoms with Crippen LogP contribution in [-0.4, -0.2) is 29.5 Å². The zero-order valence-electron chi connectivity index (χ0n) is 13.8. The molecule has 1 atom stereocenters. The van der Waals surface area contributed by atoms with E-state index in [1.54, 1.807) is 43.3 Å². The summed E-state index contributed by atoms with van der Waals surface area (Å²) >= 11 is 0. The number of aryl methyl sites for hydroxylation is 1. The molecule has 3 aromatic rings. The molecule has 25 heavy (non-hydrogen) atoms. The lowest BCUT2D eigenvalue weighted by molar-refractivity contribution is 0.197. The lowest BCUT2D eigenvalue weighted by Gasteiger charge is -2.14. The summed E-state index contributed by atoms with van der Waals surface area (Å²) < 4.78 is 30.9. The van der Waals surface area contributed by atoms with Crippen LogP contribution in [0.25, 0.3) is 10.9 Å². The van der Waals surface area contributed by atoms with Crippen molar-refractivity contribution in [2.45, 2.75) is 31.4 Å². The predicted octanol–water partition coefficient (Wildman–Crippen LogP) is 1.89. The molecule has 0 N–H and O–H groups in total. The molecule has 0 saturated heterocycles. The van der Waals surface area contributed by atoms with Gasteiger partial charge in [-0.1, -0.05) is 35.0 Å². The van der Waals surface area contributed by atoms with E-state index in [4.69, 9.17) is 4.18 Å². The van der Waals surface area contributed by atoms with Gasteiger partial charge < -0.3 is 0 Å². The third-order valence-corrected chi connectivity index (χ3v) is 5.09. The second kappa shape index (κ2) is 6.73. The van der Waals surface area contributed by atoms with Crippen LogP contribution in [0.4, 0.5) is 0 Å². The van der Waals surface area contributed by atoms with Crippen LogP contribution in [-0.2, 0) is 20.8 Å². The molecule has 0 spiro atoms. The minimum Gasteiger partial charge on any atom is -0.267 e. The highest BCUT2D eigenvalue weighted by Crippen LogP contribution is 2.15. The number of hydrogen-bond donors (Lipinski definition) is 0. The van der Waals surface area contributed by atoms with E-state index in [0.717, 1.165) is 10.2 Å². The number of rotatable bonds is 5. The molecular formula is C17H17N3O4S. The Morgan fingerprint density at radius 1 is 1.12 bits per heavy atom. The van der Waals surface area contributed by atoms with Crippen molar-refractivity contribution in [3.63, 3.8) is 0 Å². The zero-order chi connectivity index (χ0) is 18.0. The minimum atomic E-state index is -3.92. The molecule has 1 unspecified atom stereocenters. The maximum atomic E-state index is 12.4. The number of aromatic nitrogens is 3. The van der Waals surface area contributed by atoms with Gasteiger partial charge in [-0.05, 0) is 38.1 Å². The largest absolute Gasteiger partial charge is 0.297 e. The third-order valence-electron chi connectivity index (χ3n) is 3.66. The Morgan fingerprint density at radius 2 is 1.80 bits per heavy atom. The average Bonchev–Trinajstić information content (AvgIpc) is 2.57. The van der Waals surface area contributed by atoms with Crippen LogP contribution in [0.1, 0.15) is 12.5 Å². The molecule has 2 aromatic carbocycles. The molecule has 0 radical (unpaired) electrons. The molecule has 0 fully saturated rings. The molecular weight excluding hydrogens is 342 g/mol. The molecule has 1 heterocycles. The van der Waals surface area contributed by atoms with Gasteiger partial charge in [-0.3, -0.25) is 8.98 Å². The van der Waals surface area contributed by atoms with Crippen LogP contribution in [0.15, 0.2) is 58.2 Å². The lowest BCUT2D eigenvalue weighted by atomic mass is 10.2. The Bertz CT molecular complexity index is 1060. The molecule has 0 amide bonds. The van der Waals surface area contributed by atoms with Crippen molar-refractivity contribution in [2.75, 3.05) is 0 Å². The molecule has 7 nitrogen and oxygen atoms in total. The van der Waals surface area contributed by atoms with Gasteiger partial charge >= 0.3 is 0 Å². The summed E-state index contributed by atoms with van der Waals surface area (Å²) in [7, 11) is -3.92. The van der Waals surface area contributed by atoms with E-state index in [9.17, 15) is 13.2 Å². The second-order valence-electron chi connectivity index (χ2n) is 5.77. The number of nitrogens with zero attached hydrogens (tertiary/aromatic N) is 3. The van der Waals surface area contributed by atoms with Crippen LogP contribution in [0.2, 0.25) is 0 Å². The van der Waals surface area contributed by atoms with Crippen molar-refractivity contribution in [1.82, 2.24) is 15.0 Å². The number of fused-ring (bicyclic) bond motifs is 1. The SMILES string of the molecule is Cc1ccc(S(=O)(=O)OC(C)Cn2nnc3ccccc3c2=O)cc1. The Balaban J connectivity index is 1.81. The molecule has 8 heteroatoms. The fourth-order valence-corrected chi connectivity index (χ4v) is 3.47. The normalized spacial score (nSPS) is 13.0. The predicted molar refractivity (Wildman–Crippen MR) is 92.7 cm³/mol. The van der Waals surface area contributed by atoms with Crippen molar-refractivity contribution in [3.8, 4) is 0 Å². The Kier molecular flexibility index (Phi) is 4.65. The molecule has 0 bridgehead atoms. The Hall–Kier alpha value is -2.58. The van der Waals surface area contributed by atoms with Gasteiger partial charge in [0.05, 0.1) is 22.9 Å². The number of benzene rings is 2. The summed E-state index contributed by atoms with van der Waals surface area (Å²) in [6.45, 7) is 3.40. The van der Waals surface area contributed by atoms with Crippen LogP contribution >= 0.6 is 0 Å². The molecule has 3 rings (SSSR count). The van der Waals surface area contributed by atoms with Crippen molar-refractivity contribution in [3.05, 3.63) is 64.4 Å². The van der Waals surface area contributed by atoms with E-state index in [-0.39, 0.29) is 17.0 Å². The second-order valence-corrected chi connectivity index (χ2v) is 7.34. The molecule has 1 aromatic heterocycles. The van der Waals surface area contributed by atoms with Gasteiger partial charge in [0.2, 0.25) is 0 Å². The van der Waals surface area contributed by atoms with Gasteiger partial charge in [0.1, 0.15) is 5.52 Å². The summed E-state index contributed by atoms with van der Waals surface area (Å²) in [6, 6.07) is 13.2. The van der Waals surface area contributed by atoms with Gasteiger partial charge in [0.25, 0.3) is 15.7 Å². The van der Waals surface area contributed by atoms with Gasteiger partial charge in [0.15, 0.2) is 0 Å². The first kappa shape index (κ1) is 17.2. The monoisotopic (exact) mass is 359 g/mol. The lowest BCUT2D eigenvalue weighted by Crippen LogP contribution is -2.31. The maximum Gasteiger partial charge on any atom is 0.297 e. The van der Waals surface area contributed by atoms with Crippen molar-refractivity contribution in [2.24, 2.45) is 0 Å². The summed E-state index contributed by atoms with van der Waals surface area (Å²) in [4.78, 5) is 12.5. The van der Waals surface area contributed by atoms with Crippen LogP contribution in [0, 0.1) is 6.92 Å².